The molecule has 1 aromatic carbocycles. The topological polar surface area (TPSA) is 54.0 Å². The summed E-state index contributed by atoms with van der Waals surface area (Å²) in [5, 5.41) is 0.0777. The van der Waals surface area contributed by atoms with Crippen LogP contribution in [0.2, 0.25) is 18.1 Å². The normalized spacial score (nSPS) is 24.8. The SMILES string of the molecule is CCCCCc1cc2c(c(O[Si](C)(C)C(C)(C)C)c1)C1CC3(CCC1C(=O)O2)OCCO3. The van der Waals surface area contributed by atoms with Crippen molar-refractivity contribution in [3.05, 3.63) is 23.3 Å². The first-order chi connectivity index (χ1) is 15.1. The molecule has 2 unspecified atom stereocenters. The average molecular weight is 461 g/mol. The van der Waals surface area contributed by atoms with Crippen molar-refractivity contribution >= 4 is 14.3 Å². The number of carbonyl (C=O) groups excluding carboxylic acids is 1. The molecule has 6 heteroatoms. The largest absolute Gasteiger partial charge is 0.543 e. The number of hydrogen-bond acceptors (Lipinski definition) is 5. The number of carbonyl (C=O) groups is 1. The van der Waals surface area contributed by atoms with E-state index in [0.717, 1.165) is 37.0 Å². The molecule has 1 saturated heterocycles. The Balaban J connectivity index is 1.76. The van der Waals surface area contributed by atoms with Gasteiger partial charge in [0.15, 0.2) is 5.79 Å². The molecule has 2 aliphatic heterocycles. The number of ether oxygens (including phenoxy) is 3. The summed E-state index contributed by atoms with van der Waals surface area (Å²) in [7, 11) is -2.08. The maximum Gasteiger partial charge on any atom is 0.314 e. The highest BCUT2D eigenvalue weighted by atomic mass is 28.4. The van der Waals surface area contributed by atoms with E-state index in [1.807, 2.05) is 0 Å². The predicted octanol–water partition coefficient (Wildman–Crippen LogP) is 6.35. The van der Waals surface area contributed by atoms with Gasteiger partial charge < -0.3 is 18.6 Å². The molecule has 0 aromatic heterocycles. The summed E-state index contributed by atoms with van der Waals surface area (Å²) in [5.41, 5.74) is 2.24. The van der Waals surface area contributed by atoms with Crippen LogP contribution in [0, 0.1) is 5.92 Å². The van der Waals surface area contributed by atoms with E-state index >= 15 is 0 Å². The van der Waals surface area contributed by atoms with Gasteiger partial charge in [-0.1, -0.05) is 40.5 Å². The van der Waals surface area contributed by atoms with Gasteiger partial charge >= 0.3 is 5.97 Å². The molecule has 4 rings (SSSR count). The lowest BCUT2D eigenvalue weighted by Gasteiger charge is -2.44. The number of unbranched alkanes of at least 4 members (excludes halogenated alkanes) is 2. The zero-order valence-corrected chi connectivity index (χ0v) is 21.7. The quantitative estimate of drug-likeness (QED) is 0.214. The van der Waals surface area contributed by atoms with Crippen LogP contribution in [0.1, 0.15) is 83.3 Å². The fraction of sp³-hybridized carbons (Fsp3) is 0.731. The van der Waals surface area contributed by atoms with Crippen molar-refractivity contribution < 1.29 is 23.4 Å². The van der Waals surface area contributed by atoms with E-state index in [1.165, 1.54) is 18.4 Å². The molecule has 1 saturated carbocycles. The lowest BCUT2D eigenvalue weighted by atomic mass is 9.71. The minimum atomic E-state index is -2.08. The van der Waals surface area contributed by atoms with E-state index in [1.54, 1.807) is 0 Å². The van der Waals surface area contributed by atoms with Crippen LogP contribution < -0.4 is 9.16 Å². The first-order valence-corrected chi connectivity index (χ1v) is 15.3. The molecule has 0 amide bonds. The van der Waals surface area contributed by atoms with Gasteiger partial charge in [-0.05, 0) is 55.1 Å². The molecule has 0 bridgehead atoms. The molecular formula is C26H40O5Si. The van der Waals surface area contributed by atoms with Crippen molar-refractivity contribution in [3.8, 4) is 11.5 Å². The molecule has 1 spiro atoms. The molecule has 1 aromatic rings. The summed E-state index contributed by atoms with van der Waals surface area (Å²) in [6, 6.07) is 4.30. The van der Waals surface area contributed by atoms with E-state index in [-0.39, 0.29) is 22.8 Å². The predicted molar refractivity (Wildman–Crippen MR) is 128 cm³/mol. The number of rotatable bonds is 6. The minimum Gasteiger partial charge on any atom is -0.543 e. The molecule has 1 aliphatic carbocycles. The van der Waals surface area contributed by atoms with Gasteiger partial charge in [0, 0.05) is 24.3 Å². The van der Waals surface area contributed by atoms with Crippen LogP contribution in [0.15, 0.2) is 12.1 Å². The lowest BCUT2D eigenvalue weighted by molar-refractivity contribution is -0.192. The summed E-state index contributed by atoms with van der Waals surface area (Å²) >= 11 is 0. The molecule has 2 atom stereocenters. The van der Waals surface area contributed by atoms with E-state index in [2.05, 4.69) is 52.9 Å². The maximum absolute atomic E-state index is 13.0. The van der Waals surface area contributed by atoms with E-state index in [0.29, 0.717) is 25.4 Å². The smallest absolute Gasteiger partial charge is 0.314 e. The second-order valence-corrected chi connectivity index (χ2v) is 16.0. The summed E-state index contributed by atoms with van der Waals surface area (Å²) < 4.78 is 25.0. The summed E-state index contributed by atoms with van der Waals surface area (Å²) in [6.45, 7) is 14.8. The van der Waals surface area contributed by atoms with Gasteiger partial charge in [-0.2, -0.15) is 0 Å². The number of benzene rings is 1. The molecule has 32 heavy (non-hydrogen) atoms. The fourth-order valence-corrected chi connectivity index (χ4v) is 6.05. The highest BCUT2D eigenvalue weighted by molar-refractivity contribution is 6.74. The highest BCUT2D eigenvalue weighted by Crippen LogP contribution is 2.54. The third-order valence-electron chi connectivity index (χ3n) is 7.95. The van der Waals surface area contributed by atoms with Crippen molar-refractivity contribution in [1.29, 1.82) is 0 Å². The van der Waals surface area contributed by atoms with Crippen molar-refractivity contribution in [3.63, 3.8) is 0 Å². The van der Waals surface area contributed by atoms with Crippen LogP contribution in [0.4, 0.5) is 0 Å². The molecular weight excluding hydrogens is 420 g/mol. The molecule has 2 fully saturated rings. The molecule has 5 nitrogen and oxygen atoms in total. The molecule has 0 N–H and O–H groups in total. The first-order valence-electron chi connectivity index (χ1n) is 12.4. The third kappa shape index (κ3) is 4.51. The summed E-state index contributed by atoms with van der Waals surface area (Å²) in [5.74, 6) is 0.770. The Morgan fingerprint density at radius 2 is 1.84 bits per heavy atom. The van der Waals surface area contributed by atoms with Crippen LogP contribution >= 0.6 is 0 Å². The Labute approximate surface area is 194 Å². The molecule has 0 radical (unpaired) electrons. The Hall–Kier alpha value is -1.37. The van der Waals surface area contributed by atoms with Crippen molar-refractivity contribution in [1.82, 2.24) is 0 Å². The second kappa shape index (κ2) is 8.77. The monoisotopic (exact) mass is 460 g/mol. The zero-order valence-electron chi connectivity index (χ0n) is 20.7. The fourth-order valence-electron chi connectivity index (χ4n) is 5.03. The van der Waals surface area contributed by atoms with Crippen molar-refractivity contribution in [2.45, 2.75) is 102 Å². The molecule has 178 valence electrons. The Bertz CT molecular complexity index is 851. The van der Waals surface area contributed by atoms with Crippen LogP contribution in [-0.2, 0) is 20.7 Å². The first kappa shape index (κ1) is 23.8. The van der Waals surface area contributed by atoms with Crippen LogP contribution in [0.3, 0.4) is 0 Å². The maximum atomic E-state index is 13.0. The van der Waals surface area contributed by atoms with E-state index < -0.39 is 14.1 Å². The number of esters is 1. The van der Waals surface area contributed by atoms with Gasteiger partial charge in [-0.15, -0.1) is 0 Å². The zero-order chi connectivity index (χ0) is 23.1. The average Bonchev–Trinajstić information content (AvgIpc) is 3.14. The van der Waals surface area contributed by atoms with Crippen molar-refractivity contribution in [2.75, 3.05) is 13.2 Å². The van der Waals surface area contributed by atoms with Gasteiger partial charge in [-0.3, -0.25) is 4.79 Å². The van der Waals surface area contributed by atoms with Crippen LogP contribution in [-0.4, -0.2) is 33.3 Å². The standard InChI is InChI=1S/C26H40O5Si/c1-7-8-9-10-18-15-21-23(22(16-18)31-32(5,6)25(2,3)4)20-17-26(28-13-14-29-26)12-11-19(20)24(27)30-21/h15-16,19-20H,7-14,17H2,1-6H3. The van der Waals surface area contributed by atoms with E-state index in [4.69, 9.17) is 18.6 Å². The molecule has 2 heterocycles. The summed E-state index contributed by atoms with van der Waals surface area (Å²) in [4.78, 5) is 13.0. The Kier molecular flexibility index (Phi) is 6.51. The van der Waals surface area contributed by atoms with Crippen molar-refractivity contribution in [2.24, 2.45) is 5.92 Å². The number of hydrogen-bond donors (Lipinski definition) is 0. The Morgan fingerprint density at radius 3 is 2.50 bits per heavy atom. The van der Waals surface area contributed by atoms with Crippen LogP contribution in [0.5, 0.6) is 11.5 Å². The second-order valence-electron chi connectivity index (χ2n) is 11.3. The van der Waals surface area contributed by atoms with Gasteiger partial charge in [0.1, 0.15) is 11.5 Å². The van der Waals surface area contributed by atoms with Gasteiger partial charge in [0.05, 0.1) is 19.1 Å². The Morgan fingerprint density at radius 1 is 1.12 bits per heavy atom. The van der Waals surface area contributed by atoms with Gasteiger partial charge in [-0.25, -0.2) is 0 Å². The van der Waals surface area contributed by atoms with E-state index in [9.17, 15) is 4.79 Å². The highest BCUT2D eigenvalue weighted by Gasteiger charge is 2.52. The lowest BCUT2D eigenvalue weighted by Crippen LogP contribution is -2.46. The third-order valence-corrected chi connectivity index (χ3v) is 12.3. The number of fused-ring (bicyclic) bond motifs is 3. The van der Waals surface area contributed by atoms with Gasteiger partial charge in [0.2, 0.25) is 8.32 Å². The van der Waals surface area contributed by atoms with Gasteiger partial charge in [0.25, 0.3) is 0 Å². The number of aryl methyl sites for hydroxylation is 1. The minimum absolute atomic E-state index is 0.00237. The van der Waals surface area contributed by atoms with Crippen LogP contribution in [0.25, 0.3) is 0 Å². The summed E-state index contributed by atoms with van der Waals surface area (Å²) in [6.07, 6.45) is 6.61. The molecule has 3 aliphatic rings.